The summed E-state index contributed by atoms with van der Waals surface area (Å²) >= 11 is 0. The van der Waals surface area contributed by atoms with Crippen molar-refractivity contribution >= 4 is 11.9 Å². The zero-order valence-corrected chi connectivity index (χ0v) is 9.72. The Morgan fingerprint density at radius 2 is 1.89 bits per heavy atom. The maximum Gasteiger partial charge on any atom is 0.337 e. The summed E-state index contributed by atoms with van der Waals surface area (Å²) in [7, 11) is 0. The second kappa shape index (κ2) is 5.31. The number of carbonyl (C=O) groups is 2. The van der Waals surface area contributed by atoms with Gasteiger partial charge in [-0.3, -0.25) is 4.79 Å². The Kier molecular flexibility index (Phi) is 3.57. The highest BCUT2D eigenvalue weighted by molar-refractivity contribution is 5.97. The van der Waals surface area contributed by atoms with Gasteiger partial charge in [0.1, 0.15) is 0 Å². The van der Waals surface area contributed by atoms with Crippen molar-refractivity contribution in [2.24, 2.45) is 0 Å². The molecule has 0 bridgehead atoms. The molecule has 18 heavy (non-hydrogen) atoms. The predicted molar refractivity (Wildman–Crippen MR) is 66.9 cm³/mol. The highest BCUT2D eigenvalue weighted by Crippen LogP contribution is 2.17. The van der Waals surface area contributed by atoms with Gasteiger partial charge < -0.3 is 10.4 Å². The van der Waals surface area contributed by atoms with E-state index in [1.807, 2.05) is 6.07 Å². The van der Waals surface area contributed by atoms with Gasteiger partial charge in [-0.2, -0.15) is 0 Å². The molecule has 4 nitrogen and oxygen atoms in total. The van der Waals surface area contributed by atoms with Crippen LogP contribution in [-0.4, -0.2) is 17.0 Å². The van der Waals surface area contributed by atoms with E-state index < -0.39 is 5.97 Å². The zero-order chi connectivity index (χ0) is 13.0. The van der Waals surface area contributed by atoms with Gasteiger partial charge in [0.25, 0.3) is 5.91 Å². The molecule has 0 unspecified atom stereocenters. The molecule has 0 radical (unpaired) electrons. The summed E-state index contributed by atoms with van der Waals surface area (Å²) in [5, 5.41) is 11.7. The third kappa shape index (κ3) is 2.66. The molecule has 0 aromatic heterocycles. The quantitative estimate of drug-likeness (QED) is 0.854. The monoisotopic (exact) mass is 243 g/mol. The topological polar surface area (TPSA) is 66.4 Å². The van der Waals surface area contributed by atoms with Crippen LogP contribution in [0.4, 0.5) is 0 Å². The van der Waals surface area contributed by atoms with E-state index >= 15 is 0 Å². The first-order chi connectivity index (χ1) is 8.68. The van der Waals surface area contributed by atoms with Crippen molar-refractivity contribution in [2.45, 2.75) is 12.8 Å². The molecule has 0 atom stereocenters. The van der Waals surface area contributed by atoms with Crippen LogP contribution in [0.15, 0.2) is 53.8 Å². The molecule has 0 saturated heterocycles. The molecule has 4 heteroatoms. The fourth-order valence-electron chi connectivity index (χ4n) is 1.79. The molecule has 0 spiro atoms. The van der Waals surface area contributed by atoms with Gasteiger partial charge in [-0.15, -0.1) is 0 Å². The number of benzene rings is 1. The number of allylic oxidation sites excluding steroid dienone is 2. The normalized spacial score (nSPS) is 14.4. The van der Waals surface area contributed by atoms with Crippen LogP contribution in [0.1, 0.15) is 23.2 Å². The average molecular weight is 243 g/mol. The fraction of sp³-hybridized carbons (Fsp3) is 0.143. The molecule has 2 N–H and O–H groups in total. The lowest BCUT2D eigenvalue weighted by Gasteiger charge is -2.14. The molecule has 1 aliphatic rings. The summed E-state index contributed by atoms with van der Waals surface area (Å²) in [5.41, 5.74) is 1.15. The van der Waals surface area contributed by atoms with Gasteiger partial charge in [0, 0.05) is 11.3 Å². The van der Waals surface area contributed by atoms with Crippen molar-refractivity contribution < 1.29 is 14.7 Å². The Morgan fingerprint density at radius 1 is 1.17 bits per heavy atom. The van der Waals surface area contributed by atoms with Crippen LogP contribution in [0.25, 0.3) is 0 Å². The van der Waals surface area contributed by atoms with Gasteiger partial charge in [-0.25, -0.2) is 4.79 Å². The van der Waals surface area contributed by atoms with E-state index in [2.05, 4.69) is 5.32 Å². The molecule has 0 aliphatic heterocycles. The van der Waals surface area contributed by atoms with Crippen molar-refractivity contribution in [3.05, 3.63) is 59.3 Å². The van der Waals surface area contributed by atoms with E-state index in [9.17, 15) is 9.59 Å². The molecule has 1 aromatic carbocycles. The molecule has 0 heterocycles. The molecular formula is C14H13NO3. The SMILES string of the molecule is O=C(O)C1=C(NC(=O)c2ccccc2)CCC=C1. The summed E-state index contributed by atoms with van der Waals surface area (Å²) in [4.78, 5) is 22.9. The minimum Gasteiger partial charge on any atom is -0.478 e. The number of hydrogen-bond donors (Lipinski definition) is 2. The van der Waals surface area contributed by atoms with E-state index in [1.165, 1.54) is 6.08 Å². The number of hydrogen-bond acceptors (Lipinski definition) is 2. The Hall–Kier alpha value is -2.36. The minimum atomic E-state index is -1.02. The van der Waals surface area contributed by atoms with Crippen molar-refractivity contribution in [3.63, 3.8) is 0 Å². The number of nitrogens with one attached hydrogen (secondary N) is 1. The molecule has 0 saturated carbocycles. The van der Waals surface area contributed by atoms with E-state index in [-0.39, 0.29) is 11.5 Å². The molecular weight excluding hydrogens is 230 g/mol. The number of carbonyl (C=O) groups excluding carboxylic acids is 1. The van der Waals surface area contributed by atoms with Crippen LogP contribution in [0.5, 0.6) is 0 Å². The largest absolute Gasteiger partial charge is 0.478 e. The first kappa shape index (κ1) is 12.1. The number of carboxylic acid groups (broad SMARTS) is 1. The maximum atomic E-state index is 11.9. The van der Waals surface area contributed by atoms with Gasteiger partial charge in [0.2, 0.25) is 0 Å². The maximum absolute atomic E-state index is 11.9. The van der Waals surface area contributed by atoms with Crippen LogP contribution in [0.2, 0.25) is 0 Å². The third-order valence-electron chi connectivity index (χ3n) is 2.70. The van der Waals surface area contributed by atoms with Gasteiger partial charge in [0.15, 0.2) is 0 Å². The third-order valence-corrected chi connectivity index (χ3v) is 2.70. The first-order valence-electron chi connectivity index (χ1n) is 5.68. The first-order valence-corrected chi connectivity index (χ1v) is 5.68. The number of amides is 1. The average Bonchev–Trinajstić information content (AvgIpc) is 2.40. The fourth-order valence-corrected chi connectivity index (χ4v) is 1.79. The number of aliphatic carboxylic acids is 1. The second-order valence-corrected chi connectivity index (χ2v) is 3.96. The summed E-state index contributed by atoms with van der Waals surface area (Å²) in [5.74, 6) is -1.30. The predicted octanol–water partition coefficient (Wildman–Crippen LogP) is 2.11. The summed E-state index contributed by atoms with van der Waals surface area (Å²) in [6.45, 7) is 0. The van der Waals surface area contributed by atoms with Gasteiger partial charge >= 0.3 is 5.97 Å². The van der Waals surface area contributed by atoms with Gasteiger partial charge in [-0.1, -0.05) is 24.3 Å². The minimum absolute atomic E-state index is 0.158. The smallest absolute Gasteiger partial charge is 0.337 e. The van der Waals surface area contributed by atoms with Crippen LogP contribution in [0.3, 0.4) is 0 Å². The lowest BCUT2D eigenvalue weighted by atomic mass is 10.0. The summed E-state index contributed by atoms with van der Waals surface area (Å²) < 4.78 is 0. The molecule has 0 fully saturated rings. The van der Waals surface area contributed by atoms with Crippen LogP contribution >= 0.6 is 0 Å². The Morgan fingerprint density at radius 3 is 2.56 bits per heavy atom. The highest BCUT2D eigenvalue weighted by Gasteiger charge is 2.17. The summed E-state index contributed by atoms with van der Waals surface area (Å²) in [6, 6.07) is 8.73. The highest BCUT2D eigenvalue weighted by atomic mass is 16.4. The van der Waals surface area contributed by atoms with Gasteiger partial charge in [0.05, 0.1) is 5.57 Å². The molecule has 1 aromatic rings. The molecule has 1 amide bonds. The number of carboxylic acids is 1. The lowest BCUT2D eigenvalue weighted by Crippen LogP contribution is -2.26. The summed E-state index contributed by atoms with van der Waals surface area (Å²) in [6.07, 6.45) is 4.60. The number of rotatable bonds is 3. The van der Waals surface area contributed by atoms with Crippen molar-refractivity contribution in [1.29, 1.82) is 0 Å². The molecule has 1 aliphatic carbocycles. The second-order valence-electron chi connectivity index (χ2n) is 3.96. The van der Waals surface area contributed by atoms with Crippen LogP contribution in [0, 0.1) is 0 Å². The van der Waals surface area contributed by atoms with E-state index in [4.69, 9.17) is 5.11 Å². The zero-order valence-electron chi connectivity index (χ0n) is 9.72. The lowest BCUT2D eigenvalue weighted by molar-refractivity contribution is -0.132. The van der Waals surface area contributed by atoms with Crippen molar-refractivity contribution in [2.75, 3.05) is 0 Å². The Balaban J connectivity index is 2.20. The van der Waals surface area contributed by atoms with E-state index in [1.54, 1.807) is 30.3 Å². The van der Waals surface area contributed by atoms with Crippen molar-refractivity contribution in [1.82, 2.24) is 5.32 Å². The van der Waals surface area contributed by atoms with Crippen LogP contribution in [-0.2, 0) is 4.79 Å². The van der Waals surface area contributed by atoms with E-state index in [0.29, 0.717) is 17.7 Å². The van der Waals surface area contributed by atoms with Gasteiger partial charge in [-0.05, 0) is 31.1 Å². The van der Waals surface area contributed by atoms with Crippen LogP contribution < -0.4 is 5.32 Å². The van der Waals surface area contributed by atoms with E-state index in [0.717, 1.165) is 6.42 Å². The Bertz CT molecular complexity index is 529. The van der Waals surface area contributed by atoms with Crippen molar-refractivity contribution in [3.8, 4) is 0 Å². The molecule has 2 rings (SSSR count). The standard InChI is InChI=1S/C14H13NO3/c16-13(10-6-2-1-3-7-10)15-12-9-5-4-8-11(12)14(17)18/h1-4,6-8H,5,9H2,(H,15,16)(H,17,18). The molecule has 92 valence electrons. The Labute approximate surface area is 105 Å².